The fraction of sp³-hybridized carbons (Fsp3) is 0.467. The molecule has 3 unspecified atom stereocenters. The molecule has 1 aromatic rings. The number of amides is 1. The highest BCUT2D eigenvalue weighted by Crippen LogP contribution is 2.40. The number of carboxylic acids is 1. The highest BCUT2D eigenvalue weighted by molar-refractivity contribution is 5.99. The van der Waals surface area contributed by atoms with Gasteiger partial charge in [0.2, 0.25) is 5.91 Å². The number of nitrogens with one attached hydrogen (secondary N) is 1. The van der Waals surface area contributed by atoms with Crippen molar-refractivity contribution in [1.82, 2.24) is 0 Å². The Morgan fingerprint density at radius 1 is 1.29 bits per heavy atom. The van der Waals surface area contributed by atoms with Crippen molar-refractivity contribution in [2.24, 2.45) is 11.8 Å². The molecule has 1 heterocycles. The van der Waals surface area contributed by atoms with Gasteiger partial charge in [0, 0.05) is 6.42 Å². The molecule has 2 fully saturated rings. The summed E-state index contributed by atoms with van der Waals surface area (Å²) in [6, 6.07) is 7.17. The van der Waals surface area contributed by atoms with Crippen LogP contribution in [-0.2, 0) is 14.3 Å². The minimum Gasteiger partial charge on any atom is -0.486 e. The number of benzene rings is 1. The normalized spacial score (nSPS) is 27.1. The summed E-state index contributed by atoms with van der Waals surface area (Å²) in [6.07, 6.45) is 1.22. The highest BCUT2D eigenvalue weighted by atomic mass is 16.5. The van der Waals surface area contributed by atoms with Gasteiger partial charge in [0.15, 0.2) is 0 Å². The Morgan fingerprint density at radius 3 is 2.76 bits per heavy atom. The average molecular weight is 291 g/mol. The third kappa shape index (κ3) is 3.16. The molecule has 1 aliphatic carbocycles. The first-order valence-electron chi connectivity index (χ1n) is 7.02. The van der Waals surface area contributed by atoms with Crippen molar-refractivity contribution >= 4 is 17.6 Å². The van der Waals surface area contributed by atoms with Gasteiger partial charge in [0.1, 0.15) is 11.9 Å². The van der Waals surface area contributed by atoms with Gasteiger partial charge in [-0.25, -0.2) is 0 Å². The molecule has 2 aliphatic rings. The molecule has 0 bridgehead atoms. The molecule has 0 aromatic heterocycles. The van der Waals surface area contributed by atoms with E-state index in [1.807, 2.05) is 6.07 Å². The van der Waals surface area contributed by atoms with E-state index in [0.29, 0.717) is 31.1 Å². The maximum atomic E-state index is 12.0. The topological polar surface area (TPSA) is 84.9 Å². The average Bonchev–Trinajstić information content (AvgIpc) is 3.12. The summed E-state index contributed by atoms with van der Waals surface area (Å²) in [5.41, 5.74) is 0.574. The van der Waals surface area contributed by atoms with E-state index in [1.54, 1.807) is 18.2 Å². The number of ether oxygens (including phenoxy) is 2. The summed E-state index contributed by atoms with van der Waals surface area (Å²) in [6.45, 7) is 1.23. The zero-order valence-corrected chi connectivity index (χ0v) is 11.5. The van der Waals surface area contributed by atoms with Crippen LogP contribution in [0.3, 0.4) is 0 Å². The van der Waals surface area contributed by atoms with E-state index < -0.39 is 17.8 Å². The van der Waals surface area contributed by atoms with Gasteiger partial charge in [-0.15, -0.1) is 0 Å². The van der Waals surface area contributed by atoms with Gasteiger partial charge < -0.3 is 19.9 Å². The number of anilines is 1. The van der Waals surface area contributed by atoms with Gasteiger partial charge in [-0.1, -0.05) is 12.1 Å². The van der Waals surface area contributed by atoms with Crippen molar-refractivity contribution in [3.05, 3.63) is 24.3 Å². The highest BCUT2D eigenvalue weighted by Gasteiger charge is 2.48. The molecule has 1 amide bonds. The van der Waals surface area contributed by atoms with Gasteiger partial charge in [-0.05, 0) is 18.6 Å². The maximum Gasteiger partial charge on any atom is 0.307 e. The Balaban J connectivity index is 1.65. The van der Waals surface area contributed by atoms with Crippen molar-refractivity contribution in [3.63, 3.8) is 0 Å². The zero-order valence-electron chi connectivity index (χ0n) is 11.5. The lowest BCUT2D eigenvalue weighted by atomic mass is 10.2. The van der Waals surface area contributed by atoms with Gasteiger partial charge in [-0.3, -0.25) is 9.59 Å². The van der Waals surface area contributed by atoms with E-state index in [4.69, 9.17) is 14.6 Å². The van der Waals surface area contributed by atoms with Crippen LogP contribution >= 0.6 is 0 Å². The van der Waals surface area contributed by atoms with Crippen LogP contribution in [0.25, 0.3) is 0 Å². The van der Waals surface area contributed by atoms with Gasteiger partial charge in [0.25, 0.3) is 0 Å². The Kier molecular flexibility index (Phi) is 3.79. The fourth-order valence-electron chi connectivity index (χ4n) is 2.44. The van der Waals surface area contributed by atoms with E-state index in [-0.39, 0.29) is 12.0 Å². The molecule has 1 saturated heterocycles. The van der Waals surface area contributed by atoms with Crippen LogP contribution in [0.1, 0.15) is 12.8 Å². The Bertz CT molecular complexity index is 553. The van der Waals surface area contributed by atoms with Crippen molar-refractivity contribution in [2.45, 2.75) is 18.9 Å². The fourth-order valence-corrected chi connectivity index (χ4v) is 2.44. The van der Waals surface area contributed by atoms with Crippen LogP contribution in [0.2, 0.25) is 0 Å². The number of carbonyl (C=O) groups excluding carboxylic acids is 1. The number of para-hydroxylation sites is 2. The summed E-state index contributed by atoms with van der Waals surface area (Å²) < 4.78 is 11.1. The summed E-state index contributed by atoms with van der Waals surface area (Å²) in [7, 11) is 0. The Morgan fingerprint density at radius 2 is 2.10 bits per heavy atom. The molecule has 1 aliphatic heterocycles. The third-order valence-electron chi connectivity index (χ3n) is 3.77. The summed E-state index contributed by atoms with van der Waals surface area (Å²) in [4.78, 5) is 22.8. The zero-order chi connectivity index (χ0) is 14.8. The lowest BCUT2D eigenvalue weighted by molar-refractivity contribution is -0.139. The third-order valence-corrected chi connectivity index (χ3v) is 3.77. The second kappa shape index (κ2) is 5.73. The maximum absolute atomic E-state index is 12.0. The lowest BCUT2D eigenvalue weighted by Crippen LogP contribution is -2.20. The van der Waals surface area contributed by atoms with E-state index in [0.717, 1.165) is 6.42 Å². The molecule has 3 rings (SSSR count). The van der Waals surface area contributed by atoms with E-state index in [1.165, 1.54) is 0 Å². The van der Waals surface area contributed by atoms with E-state index in [2.05, 4.69) is 5.32 Å². The quantitative estimate of drug-likeness (QED) is 0.859. The van der Waals surface area contributed by atoms with Crippen molar-refractivity contribution in [1.29, 1.82) is 0 Å². The van der Waals surface area contributed by atoms with Crippen LogP contribution in [0.15, 0.2) is 24.3 Å². The first kappa shape index (κ1) is 13.9. The Hall–Kier alpha value is -2.08. The largest absolute Gasteiger partial charge is 0.486 e. The number of hydrogen-bond acceptors (Lipinski definition) is 4. The van der Waals surface area contributed by atoms with Gasteiger partial charge in [-0.2, -0.15) is 0 Å². The van der Waals surface area contributed by atoms with E-state index in [9.17, 15) is 9.59 Å². The second-order valence-electron chi connectivity index (χ2n) is 5.38. The van der Waals surface area contributed by atoms with Crippen LogP contribution < -0.4 is 10.1 Å². The van der Waals surface area contributed by atoms with Crippen LogP contribution in [-0.4, -0.2) is 36.3 Å². The monoisotopic (exact) mass is 291 g/mol. The van der Waals surface area contributed by atoms with Crippen molar-refractivity contribution in [2.75, 3.05) is 18.5 Å². The number of aliphatic carboxylic acids is 1. The Labute approximate surface area is 122 Å². The number of hydrogen-bond donors (Lipinski definition) is 2. The molecule has 6 heteroatoms. The molecule has 112 valence electrons. The number of rotatable bonds is 5. The number of carboxylic acid groups (broad SMARTS) is 1. The molecule has 1 saturated carbocycles. The molecular formula is C15H17NO5. The van der Waals surface area contributed by atoms with Crippen LogP contribution in [0, 0.1) is 11.8 Å². The standard InChI is InChI=1S/C15H17NO5/c17-14(10-7-11(10)15(18)19)16-12-3-1-2-4-13(12)21-9-5-6-20-8-9/h1-4,9-11H,5-8H2,(H,16,17)(H,18,19). The molecule has 6 nitrogen and oxygen atoms in total. The first-order valence-corrected chi connectivity index (χ1v) is 7.02. The van der Waals surface area contributed by atoms with Crippen molar-refractivity contribution in [3.8, 4) is 5.75 Å². The molecule has 0 spiro atoms. The molecular weight excluding hydrogens is 274 g/mol. The predicted molar refractivity (Wildman–Crippen MR) is 74.2 cm³/mol. The molecule has 1 aromatic carbocycles. The summed E-state index contributed by atoms with van der Waals surface area (Å²) >= 11 is 0. The van der Waals surface area contributed by atoms with Gasteiger partial charge >= 0.3 is 5.97 Å². The predicted octanol–water partition coefficient (Wildman–Crippen LogP) is 1.51. The minimum atomic E-state index is -0.914. The first-order chi connectivity index (χ1) is 10.1. The van der Waals surface area contributed by atoms with Crippen LogP contribution in [0.4, 0.5) is 5.69 Å². The van der Waals surface area contributed by atoms with Crippen molar-refractivity contribution < 1.29 is 24.2 Å². The summed E-state index contributed by atoms with van der Waals surface area (Å²) in [5, 5.41) is 11.6. The summed E-state index contributed by atoms with van der Waals surface area (Å²) in [5.74, 6) is -1.58. The number of carbonyl (C=O) groups is 2. The molecule has 21 heavy (non-hydrogen) atoms. The minimum absolute atomic E-state index is 0.00394. The lowest BCUT2D eigenvalue weighted by Gasteiger charge is -2.16. The van der Waals surface area contributed by atoms with E-state index >= 15 is 0 Å². The smallest absolute Gasteiger partial charge is 0.307 e. The van der Waals surface area contributed by atoms with Gasteiger partial charge in [0.05, 0.1) is 30.7 Å². The molecule has 0 radical (unpaired) electrons. The molecule has 2 N–H and O–H groups in total. The molecule has 3 atom stereocenters. The van der Waals surface area contributed by atoms with Crippen LogP contribution in [0.5, 0.6) is 5.75 Å². The SMILES string of the molecule is O=C(O)C1CC1C(=O)Nc1ccccc1OC1CCOC1. The second-order valence-corrected chi connectivity index (χ2v) is 5.38.